The number of unbranched alkanes of at least 4 members (excludes halogenated alkanes) is 39. The number of hydrogen-bond donors (Lipinski definition) is 4. The van der Waals surface area contributed by atoms with Gasteiger partial charge < -0.3 is 34.2 Å². The number of phosphoric acid groups is 2. The third kappa shape index (κ3) is 91.7. The lowest BCUT2D eigenvalue weighted by Gasteiger charge is -2.21. The van der Waals surface area contributed by atoms with Crippen LogP contribution in [0.4, 0.5) is 0 Å². The quantitative estimate of drug-likeness (QED) is 0.0146. The van der Waals surface area contributed by atoms with E-state index >= 15 is 0 Å². The van der Waals surface area contributed by atoms with Crippen LogP contribution in [0.1, 0.15) is 393 Å². The summed E-state index contributed by atoms with van der Waals surface area (Å²) in [5.74, 6) is -1.58. The Morgan fingerprint density at radius 2 is 0.453 bits per heavy atom. The van der Waals surface area contributed by atoms with Crippen molar-refractivity contribution in [1.29, 1.82) is 0 Å². The fourth-order valence-electron chi connectivity index (χ4n) is 12.6. The average Bonchev–Trinajstić information content (AvgIpc) is 0.907. The number of phosphoric ester groups is 2. The number of rotatable bonds is 88. The molecule has 0 aromatic heterocycles. The molecular weight excluding hydrogens is 1510 g/mol. The number of esters is 3. The van der Waals surface area contributed by atoms with E-state index in [4.69, 9.17) is 32.3 Å². The molecule has 0 saturated heterocycles. The highest BCUT2D eigenvalue weighted by Gasteiger charge is 2.29. The maximum Gasteiger partial charge on any atom is 0.472 e. The lowest BCUT2D eigenvalue weighted by molar-refractivity contribution is -0.161. The van der Waals surface area contributed by atoms with E-state index < -0.39 is 91.5 Å². The Morgan fingerprint density at radius 3 is 0.718 bits per heavy atom. The standard InChI is InChI=1S/C99H170O16P2/c1-4-7-10-13-16-19-22-25-28-31-34-37-40-43-45-46-48-51-52-55-58-61-64-67-70-73-76-79-82-85-97(102)109-88-94(100)89-111-116(105,106)112-90-95(101)91-113-117(107,108)114-93-96(115-99(104)87-84-81-78-75-72-69-66-63-60-57-54-49-42-39-36-33-30-27-24-21-18-15-12-9-6-3)92-110-98(103)86-83-80-77-74-71-68-65-62-59-56-53-50-47-44-41-38-35-32-29-26-23-20-17-14-11-8-5-2/h9,12,16-21,25-30,34-39,43-45,47,49,54,94-96,100-101H,4-8,10-11,13-15,22-24,31-33,40-42,46,48,50-53,55-93H2,1-3H3,(H,105,106)(H,107,108)/b12-9-,19-16-,20-17-,21-18-,28-25-,29-26-,30-27-,37-34-,38-35-,39-36-,45-43-,47-44-,54-49-. The van der Waals surface area contributed by atoms with Crippen molar-refractivity contribution in [3.05, 3.63) is 158 Å². The minimum Gasteiger partial charge on any atom is -0.463 e. The Balaban J connectivity index is 4.65. The zero-order chi connectivity index (χ0) is 85.1. The summed E-state index contributed by atoms with van der Waals surface area (Å²) >= 11 is 0. The molecule has 0 saturated carbocycles. The van der Waals surface area contributed by atoms with Crippen LogP contribution < -0.4 is 0 Å². The van der Waals surface area contributed by atoms with Crippen molar-refractivity contribution >= 4 is 33.6 Å². The molecule has 0 spiro atoms. The number of carbonyl (C=O) groups excluding carboxylic acids is 3. The molecule has 672 valence electrons. The molecule has 0 aliphatic heterocycles. The predicted molar refractivity (Wildman–Crippen MR) is 491 cm³/mol. The lowest BCUT2D eigenvalue weighted by Crippen LogP contribution is -2.30. The van der Waals surface area contributed by atoms with E-state index in [1.165, 1.54) is 173 Å². The number of ether oxygens (including phenoxy) is 3. The van der Waals surface area contributed by atoms with Crippen LogP contribution in [0.15, 0.2) is 158 Å². The molecule has 117 heavy (non-hydrogen) atoms. The van der Waals surface area contributed by atoms with Crippen LogP contribution in [-0.2, 0) is 55.8 Å². The molecule has 5 atom stereocenters. The summed E-state index contributed by atoms with van der Waals surface area (Å²) in [6, 6.07) is 0. The van der Waals surface area contributed by atoms with Crippen molar-refractivity contribution in [2.24, 2.45) is 0 Å². The molecule has 0 amide bonds. The van der Waals surface area contributed by atoms with E-state index in [1.54, 1.807) is 0 Å². The van der Waals surface area contributed by atoms with Gasteiger partial charge in [-0.25, -0.2) is 9.13 Å². The first kappa shape index (κ1) is 112. The van der Waals surface area contributed by atoms with Gasteiger partial charge in [0.05, 0.1) is 26.4 Å². The highest BCUT2D eigenvalue weighted by molar-refractivity contribution is 7.47. The Bertz CT molecular complexity index is 2760. The van der Waals surface area contributed by atoms with Crippen LogP contribution in [0, 0.1) is 0 Å². The van der Waals surface area contributed by atoms with Gasteiger partial charge in [-0.15, -0.1) is 0 Å². The van der Waals surface area contributed by atoms with Crippen molar-refractivity contribution < 1.29 is 75.8 Å². The van der Waals surface area contributed by atoms with Gasteiger partial charge in [-0.05, 0) is 154 Å². The molecule has 0 heterocycles. The van der Waals surface area contributed by atoms with Crippen molar-refractivity contribution in [2.45, 2.75) is 411 Å². The molecule has 0 aliphatic carbocycles. The summed E-state index contributed by atoms with van der Waals surface area (Å²) in [6.07, 6.45) is 116. The van der Waals surface area contributed by atoms with Crippen LogP contribution in [0.2, 0.25) is 0 Å². The third-order valence-corrected chi connectivity index (χ3v) is 21.6. The van der Waals surface area contributed by atoms with Gasteiger partial charge in [0, 0.05) is 19.3 Å². The second kappa shape index (κ2) is 90.4. The molecule has 0 aromatic rings. The van der Waals surface area contributed by atoms with E-state index in [0.717, 1.165) is 161 Å². The highest BCUT2D eigenvalue weighted by atomic mass is 31.2. The molecule has 18 heteroatoms. The highest BCUT2D eigenvalue weighted by Crippen LogP contribution is 2.45. The van der Waals surface area contributed by atoms with Crippen LogP contribution in [0.3, 0.4) is 0 Å². The Morgan fingerprint density at radius 1 is 0.248 bits per heavy atom. The van der Waals surface area contributed by atoms with Gasteiger partial charge in [0.15, 0.2) is 6.10 Å². The van der Waals surface area contributed by atoms with Crippen LogP contribution in [0.25, 0.3) is 0 Å². The SMILES string of the molecule is CC/C=C\C/C=C\C/C=C\C/C=C\C/C=C\CCCCCCCCCCCC(=O)OC(COC(=O)CCCCCCCCCCCCC/C=C\C/C=C\C/C=C\C/C=C\CCCCC)COP(=O)(O)OCC(O)COP(=O)(O)OCC(O)COC(=O)CCCCCCCCCCCCCCC/C=C\C/C=C\C/C=C\C/C=C\CCCCC. The fourth-order valence-corrected chi connectivity index (χ4v) is 14.2. The van der Waals surface area contributed by atoms with Crippen LogP contribution in [-0.4, -0.2) is 95.9 Å². The predicted octanol–water partition coefficient (Wildman–Crippen LogP) is 28.9. The van der Waals surface area contributed by atoms with Gasteiger partial charge in [0.2, 0.25) is 0 Å². The van der Waals surface area contributed by atoms with Crippen LogP contribution >= 0.6 is 15.6 Å². The maximum absolute atomic E-state index is 13.1. The molecule has 0 rings (SSSR count). The summed E-state index contributed by atoms with van der Waals surface area (Å²) in [5, 5.41) is 20.7. The van der Waals surface area contributed by atoms with E-state index in [-0.39, 0.29) is 19.3 Å². The van der Waals surface area contributed by atoms with Gasteiger partial charge in [-0.2, -0.15) is 0 Å². The number of aliphatic hydroxyl groups is 2. The van der Waals surface area contributed by atoms with E-state index in [0.29, 0.717) is 19.3 Å². The Hall–Kier alpha value is -4.83. The van der Waals surface area contributed by atoms with Gasteiger partial charge in [-0.3, -0.25) is 32.5 Å². The Kier molecular flexibility index (Phi) is 86.7. The molecule has 16 nitrogen and oxygen atoms in total. The number of hydrogen-bond acceptors (Lipinski definition) is 14. The minimum absolute atomic E-state index is 0.0924. The number of carbonyl (C=O) groups is 3. The summed E-state index contributed by atoms with van der Waals surface area (Å²) in [6.45, 7) is 2.55. The largest absolute Gasteiger partial charge is 0.472 e. The van der Waals surface area contributed by atoms with E-state index in [9.17, 15) is 43.5 Å². The van der Waals surface area contributed by atoms with Gasteiger partial charge in [0.25, 0.3) is 0 Å². The average molecular weight is 1680 g/mol. The van der Waals surface area contributed by atoms with Gasteiger partial charge in [-0.1, -0.05) is 378 Å². The zero-order valence-corrected chi connectivity index (χ0v) is 75.9. The smallest absolute Gasteiger partial charge is 0.463 e. The fraction of sp³-hybridized carbons (Fsp3) is 0.707. The molecule has 0 radical (unpaired) electrons. The molecule has 0 bridgehead atoms. The second-order valence-corrected chi connectivity index (χ2v) is 34.0. The van der Waals surface area contributed by atoms with Crippen molar-refractivity contribution in [3.8, 4) is 0 Å². The first-order valence-electron chi connectivity index (χ1n) is 46.8. The Labute approximate surface area is 714 Å². The molecule has 0 aliphatic rings. The molecule has 0 fully saturated rings. The van der Waals surface area contributed by atoms with Crippen molar-refractivity contribution in [3.63, 3.8) is 0 Å². The third-order valence-electron chi connectivity index (χ3n) is 19.7. The maximum atomic E-state index is 13.1. The molecular formula is C99H170O16P2. The van der Waals surface area contributed by atoms with Crippen molar-refractivity contribution in [2.75, 3.05) is 39.6 Å². The van der Waals surface area contributed by atoms with Gasteiger partial charge in [0.1, 0.15) is 25.4 Å². The topological polar surface area (TPSA) is 231 Å². The van der Waals surface area contributed by atoms with Crippen molar-refractivity contribution in [1.82, 2.24) is 0 Å². The molecule has 0 aromatic carbocycles. The number of aliphatic hydroxyl groups excluding tert-OH is 2. The summed E-state index contributed by atoms with van der Waals surface area (Å²) in [7, 11) is -9.82. The van der Waals surface area contributed by atoms with Crippen LogP contribution in [0.5, 0.6) is 0 Å². The monoisotopic (exact) mass is 1680 g/mol. The lowest BCUT2D eigenvalue weighted by atomic mass is 10.0. The van der Waals surface area contributed by atoms with E-state index in [2.05, 4.69) is 179 Å². The van der Waals surface area contributed by atoms with Gasteiger partial charge >= 0.3 is 33.6 Å². The number of allylic oxidation sites excluding steroid dienone is 26. The normalized spacial score (nSPS) is 14.5. The second-order valence-electron chi connectivity index (χ2n) is 31.1. The minimum atomic E-state index is -4.95. The first-order valence-corrected chi connectivity index (χ1v) is 49.8. The summed E-state index contributed by atoms with van der Waals surface area (Å²) in [5.41, 5.74) is 0. The zero-order valence-electron chi connectivity index (χ0n) is 74.1. The molecule has 4 N–H and O–H groups in total. The first-order chi connectivity index (χ1) is 57.2. The summed E-state index contributed by atoms with van der Waals surface area (Å²) < 4.78 is 61.5. The summed E-state index contributed by atoms with van der Waals surface area (Å²) in [4.78, 5) is 59.1. The van der Waals surface area contributed by atoms with E-state index in [1.807, 2.05) is 0 Å². The molecule has 5 unspecified atom stereocenters.